The first kappa shape index (κ1) is 15.8. The number of ether oxygens (including phenoxy) is 1. The number of aliphatic carboxylic acids is 1. The summed E-state index contributed by atoms with van der Waals surface area (Å²) >= 11 is 3.41. The van der Waals surface area contributed by atoms with Crippen LogP contribution in [0.3, 0.4) is 0 Å². The van der Waals surface area contributed by atoms with Crippen LogP contribution in [0.5, 0.6) is 5.75 Å². The molecule has 0 bridgehead atoms. The van der Waals surface area contributed by atoms with Gasteiger partial charge in [-0.15, -0.1) is 0 Å². The molecule has 2 rings (SSSR count). The Morgan fingerprint density at radius 1 is 1.43 bits per heavy atom. The van der Waals surface area contributed by atoms with Crippen molar-refractivity contribution >= 4 is 27.8 Å². The summed E-state index contributed by atoms with van der Waals surface area (Å²) in [6.45, 7) is 0.511. The average Bonchev–Trinajstić information content (AvgIpc) is 2.49. The third kappa shape index (κ3) is 3.75. The highest BCUT2D eigenvalue weighted by atomic mass is 79.9. The Balaban J connectivity index is 2.14. The van der Waals surface area contributed by atoms with Crippen molar-refractivity contribution < 1.29 is 19.4 Å². The van der Waals surface area contributed by atoms with Gasteiger partial charge in [-0.3, -0.25) is 4.79 Å². The van der Waals surface area contributed by atoms with Crippen LogP contribution in [0.25, 0.3) is 0 Å². The monoisotopic (exact) mass is 355 g/mol. The Labute approximate surface area is 132 Å². The Morgan fingerprint density at radius 2 is 2.19 bits per heavy atom. The summed E-state index contributed by atoms with van der Waals surface area (Å²) in [5.41, 5.74) is 0.800. The van der Waals surface area contributed by atoms with Crippen molar-refractivity contribution in [3.8, 4) is 5.75 Å². The lowest BCUT2D eigenvalue weighted by Crippen LogP contribution is -2.48. The number of halogens is 1. The molecule has 1 fully saturated rings. The molecule has 1 atom stereocenters. The number of hydrogen-bond donors (Lipinski definition) is 1. The molecule has 6 heteroatoms. The van der Waals surface area contributed by atoms with Gasteiger partial charge in [0.1, 0.15) is 11.8 Å². The number of nitrogens with zero attached hydrogens (tertiary/aromatic N) is 1. The maximum atomic E-state index is 12.4. The van der Waals surface area contributed by atoms with Crippen molar-refractivity contribution in [2.24, 2.45) is 0 Å². The van der Waals surface area contributed by atoms with E-state index in [0.717, 1.165) is 22.9 Å². The van der Waals surface area contributed by atoms with Gasteiger partial charge >= 0.3 is 5.97 Å². The quantitative estimate of drug-likeness (QED) is 0.900. The van der Waals surface area contributed by atoms with E-state index >= 15 is 0 Å². The molecular formula is C15H18BrNO4. The highest BCUT2D eigenvalue weighted by molar-refractivity contribution is 9.10. The molecule has 1 N–H and O–H groups in total. The Hall–Kier alpha value is -1.56. The number of carbonyl (C=O) groups excluding carboxylic acids is 1. The minimum absolute atomic E-state index is 0.156. The number of likely N-dealkylation sites (tertiary alicyclic amines) is 1. The number of carboxylic acid groups (broad SMARTS) is 1. The zero-order valence-corrected chi connectivity index (χ0v) is 13.4. The second kappa shape index (κ2) is 6.93. The summed E-state index contributed by atoms with van der Waals surface area (Å²) in [5.74, 6) is -0.404. The third-order valence-electron chi connectivity index (χ3n) is 3.70. The first-order chi connectivity index (χ1) is 10.0. The van der Waals surface area contributed by atoms with Gasteiger partial charge in [0.15, 0.2) is 0 Å². The molecule has 5 nitrogen and oxygen atoms in total. The molecule has 0 aromatic heterocycles. The van der Waals surface area contributed by atoms with Gasteiger partial charge in [-0.2, -0.15) is 0 Å². The fraction of sp³-hybridized carbons (Fsp3) is 0.467. The zero-order chi connectivity index (χ0) is 15.4. The van der Waals surface area contributed by atoms with Crippen LogP contribution in [0.1, 0.15) is 24.8 Å². The molecule has 0 radical (unpaired) electrons. The summed E-state index contributed by atoms with van der Waals surface area (Å²) in [4.78, 5) is 25.2. The molecular weight excluding hydrogens is 338 g/mol. The van der Waals surface area contributed by atoms with Crippen molar-refractivity contribution in [1.29, 1.82) is 0 Å². The summed E-state index contributed by atoms with van der Waals surface area (Å²) in [5, 5.41) is 9.24. The van der Waals surface area contributed by atoms with Crippen LogP contribution in [0, 0.1) is 0 Å². The second-order valence-electron chi connectivity index (χ2n) is 5.07. The van der Waals surface area contributed by atoms with Crippen molar-refractivity contribution in [3.05, 3.63) is 28.2 Å². The number of rotatable bonds is 4. The predicted octanol–water partition coefficient (Wildman–Crippen LogP) is 2.47. The van der Waals surface area contributed by atoms with Gasteiger partial charge in [0, 0.05) is 11.0 Å². The lowest BCUT2D eigenvalue weighted by atomic mass is 10.0. The molecule has 1 amide bonds. The number of piperidine rings is 1. The fourth-order valence-electron chi connectivity index (χ4n) is 2.56. The minimum atomic E-state index is -0.923. The molecule has 0 spiro atoms. The Kier molecular flexibility index (Phi) is 5.22. The van der Waals surface area contributed by atoms with Gasteiger partial charge in [0.2, 0.25) is 5.91 Å². The highest BCUT2D eigenvalue weighted by Gasteiger charge is 2.31. The average molecular weight is 356 g/mol. The molecule has 0 saturated carbocycles. The van der Waals surface area contributed by atoms with E-state index in [4.69, 9.17) is 4.74 Å². The third-order valence-corrected chi connectivity index (χ3v) is 4.48. The smallest absolute Gasteiger partial charge is 0.326 e. The fourth-order valence-corrected chi connectivity index (χ4v) is 2.95. The van der Waals surface area contributed by atoms with Crippen molar-refractivity contribution in [1.82, 2.24) is 4.90 Å². The van der Waals surface area contributed by atoms with Crippen LogP contribution in [0.2, 0.25) is 0 Å². The van der Waals surface area contributed by atoms with Crippen LogP contribution >= 0.6 is 15.9 Å². The molecule has 0 unspecified atom stereocenters. The standard InChI is InChI=1S/C15H18BrNO4/c1-21-11-5-6-12(16)10(8-11)9-14(18)17-7-3-2-4-13(17)15(19)20/h5-6,8,13H,2-4,7,9H2,1H3,(H,19,20)/t13-/m1/s1. The molecule has 0 aliphatic carbocycles. The van der Waals surface area contributed by atoms with Crippen LogP contribution in [-0.2, 0) is 16.0 Å². The molecule has 114 valence electrons. The van der Waals surface area contributed by atoms with E-state index in [1.54, 1.807) is 19.2 Å². The van der Waals surface area contributed by atoms with Gasteiger partial charge in [-0.1, -0.05) is 15.9 Å². The molecule has 1 saturated heterocycles. The number of carbonyl (C=O) groups is 2. The lowest BCUT2D eigenvalue weighted by molar-refractivity contribution is -0.151. The molecule has 1 aliphatic heterocycles. The van der Waals surface area contributed by atoms with Gasteiger partial charge in [-0.05, 0) is 43.0 Å². The molecule has 1 aliphatic rings. The normalized spacial score (nSPS) is 18.4. The predicted molar refractivity (Wildman–Crippen MR) is 81.4 cm³/mol. The van der Waals surface area contributed by atoms with Gasteiger partial charge in [0.05, 0.1) is 13.5 Å². The van der Waals surface area contributed by atoms with Gasteiger partial charge < -0.3 is 14.7 Å². The number of carboxylic acids is 1. The molecule has 1 aromatic carbocycles. The van der Waals surface area contributed by atoms with Crippen LogP contribution < -0.4 is 4.74 Å². The number of benzene rings is 1. The zero-order valence-electron chi connectivity index (χ0n) is 11.8. The number of amides is 1. The maximum Gasteiger partial charge on any atom is 0.326 e. The number of hydrogen-bond acceptors (Lipinski definition) is 3. The van der Waals surface area contributed by atoms with Crippen molar-refractivity contribution in [2.75, 3.05) is 13.7 Å². The van der Waals surface area contributed by atoms with E-state index in [-0.39, 0.29) is 12.3 Å². The van der Waals surface area contributed by atoms with E-state index in [1.165, 1.54) is 4.90 Å². The Morgan fingerprint density at radius 3 is 2.86 bits per heavy atom. The van der Waals surface area contributed by atoms with Crippen LogP contribution in [0.4, 0.5) is 0 Å². The lowest BCUT2D eigenvalue weighted by Gasteiger charge is -2.33. The summed E-state index contributed by atoms with van der Waals surface area (Å²) in [6, 6.07) is 4.73. The molecule has 1 aromatic rings. The summed E-state index contributed by atoms with van der Waals surface area (Å²) in [7, 11) is 1.57. The second-order valence-corrected chi connectivity index (χ2v) is 5.93. The SMILES string of the molecule is COc1ccc(Br)c(CC(=O)N2CCCC[C@@H]2C(=O)O)c1. The maximum absolute atomic E-state index is 12.4. The van der Waals surface area contributed by atoms with Crippen LogP contribution in [-0.4, -0.2) is 41.6 Å². The van der Waals surface area contributed by atoms with Gasteiger partial charge in [-0.25, -0.2) is 4.79 Å². The van der Waals surface area contributed by atoms with E-state index in [2.05, 4.69) is 15.9 Å². The topological polar surface area (TPSA) is 66.8 Å². The van der Waals surface area contributed by atoms with E-state index < -0.39 is 12.0 Å². The highest BCUT2D eigenvalue weighted by Crippen LogP contribution is 2.25. The van der Waals surface area contributed by atoms with Crippen molar-refractivity contribution in [2.45, 2.75) is 31.7 Å². The minimum Gasteiger partial charge on any atom is -0.497 e. The van der Waals surface area contributed by atoms with Crippen molar-refractivity contribution in [3.63, 3.8) is 0 Å². The van der Waals surface area contributed by atoms with E-state index in [9.17, 15) is 14.7 Å². The molecule has 1 heterocycles. The van der Waals surface area contributed by atoms with Gasteiger partial charge in [0.25, 0.3) is 0 Å². The summed E-state index contributed by atoms with van der Waals surface area (Å²) < 4.78 is 5.98. The van der Waals surface area contributed by atoms with E-state index in [1.807, 2.05) is 6.07 Å². The Bertz CT molecular complexity index is 546. The van der Waals surface area contributed by atoms with Crippen LogP contribution in [0.15, 0.2) is 22.7 Å². The first-order valence-corrected chi connectivity index (χ1v) is 7.67. The van der Waals surface area contributed by atoms with E-state index in [0.29, 0.717) is 18.7 Å². The number of methoxy groups -OCH3 is 1. The molecule has 21 heavy (non-hydrogen) atoms. The first-order valence-electron chi connectivity index (χ1n) is 6.87. The summed E-state index contributed by atoms with van der Waals surface area (Å²) in [6.07, 6.45) is 2.40. The largest absolute Gasteiger partial charge is 0.497 e.